The lowest BCUT2D eigenvalue weighted by atomic mass is 10.2. The average Bonchev–Trinajstić information content (AvgIpc) is 1.94. The molecule has 0 N–H and O–H groups in total. The van der Waals surface area contributed by atoms with Gasteiger partial charge >= 0.3 is 0 Å². The molecule has 0 aliphatic carbocycles. The van der Waals surface area contributed by atoms with Crippen LogP contribution in [0.2, 0.25) is 0 Å². The summed E-state index contributed by atoms with van der Waals surface area (Å²) < 4.78 is 13.7. The number of halogens is 2. The third-order valence-electron chi connectivity index (χ3n) is 1.32. The zero-order valence-electron chi connectivity index (χ0n) is 5.48. The molecular formula is C8H8FI. The number of rotatable bonds is 2. The van der Waals surface area contributed by atoms with Crippen molar-refractivity contribution < 1.29 is 4.39 Å². The van der Waals surface area contributed by atoms with Crippen molar-refractivity contribution in [3.05, 3.63) is 35.6 Å². The summed E-state index contributed by atoms with van der Waals surface area (Å²) in [6.07, 6.45) is 0.827. The van der Waals surface area contributed by atoms with Gasteiger partial charge in [-0.1, -0.05) is 40.8 Å². The Balaban J connectivity index is 2.81. The maximum Gasteiger partial charge on any atom is 0.126 e. The number of alkyl halides is 1. The van der Waals surface area contributed by atoms with Crippen LogP contribution in [0.1, 0.15) is 5.56 Å². The quantitative estimate of drug-likeness (QED) is 0.559. The van der Waals surface area contributed by atoms with E-state index in [0.29, 0.717) is 0 Å². The van der Waals surface area contributed by atoms with Gasteiger partial charge in [0, 0.05) is 4.43 Å². The Bertz CT molecular complexity index is 210. The Morgan fingerprint density at radius 2 is 2.00 bits per heavy atom. The summed E-state index contributed by atoms with van der Waals surface area (Å²) >= 11 is 2.24. The van der Waals surface area contributed by atoms with Crippen LogP contribution >= 0.6 is 22.6 Å². The highest BCUT2D eigenvalue weighted by molar-refractivity contribution is 14.1. The minimum Gasteiger partial charge on any atom is -0.207 e. The van der Waals surface area contributed by atoms with Crippen molar-refractivity contribution in [2.24, 2.45) is 0 Å². The summed E-state index contributed by atoms with van der Waals surface area (Å²) in [5.74, 6) is -0.0841. The third kappa shape index (κ3) is 1.94. The van der Waals surface area contributed by atoms with Gasteiger partial charge < -0.3 is 0 Å². The molecular weight excluding hydrogens is 242 g/mol. The maximum absolute atomic E-state index is 12.8. The molecule has 1 aromatic rings. The summed E-state index contributed by atoms with van der Waals surface area (Å²) in [7, 11) is 0. The average molecular weight is 250 g/mol. The second-order valence-electron chi connectivity index (χ2n) is 2.03. The van der Waals surface area contributed by atoms with E-state index in [1.165, 1.54) is 6.07 Å². The number of aryl methyl sites for hydroxylation is 1. The molecule has 0 aromatic heterocycles. The molecule has 0 aliphatic rings. The van der Waals surface area contributed by atoms with E-state index < -0.39 is 0 Å². The van der Waals surface area contributed by atoms with Gasteiger partial charge in [-0.2, -0.15) is 0 Å². The Hall–Kier alpha value is -0.120. The van der Waals surface area contributed by atoms with Gasteiger partial charge in [0.15, 0.2) is 0 Å². The van der Waals surface area contributed by atoms with Crippen LogP contribution in [-0.2, 0) is 6.42 Å². The van der Waals surface area contributed by atoms with E-state index in [-0.39, 0.29) is 5.82 Å². The van der Waals surface area contributed by atoms with Crippen molar-refractivity contribution in [1.29, 1.82) is 0 Å². The van der Waals surface area contributed by atoms with Gasteiger partial charge in [0.2, 0.25) is 0 Å². The Morgan fingerprint density at radius 1 is 1.30 bits per heavy atom. The van der Waals surface area contributed by atoms with Crippen LogP contribution in [0, 0.1) is 5.82 Å². The summed E-state index contributed by atoms with van der Waals surface area (Å²) in [5.41, 5.74) is 0.817. The van der Waals surface area contributed by atoms with Crippen LogP contribution < -0.4 is 0 Å². The van der Waals surface area contributed by atoms with Gasteiger partial charge in [0.25, 0.3) is 0 Å². The van der Waals surface area contributed by atoms with Gasteiger partial charge in [0.1, 0.15) is 5.82 Å². The van der Waals surface area contributed by atoms with Crippen molar-refractivity contribution in [2.45, 2.75) is 6.42 Å². The molecule has 10 heavy (non-hydrogen) atoms. The molecule has 0 fully saturated rings. The Morgan fingerprint density at radius 3 is 2.60 bits per heavy atom. The number of hydrogen-bond acceptors (Lipinski definition) is 0. The largest absolute Gasteiger partial charge is 0.207 e. The number of hydrogen-bond donors (Lipinski definition) is 0. The van der Waals surface area contributed by atoms with Gasteiger partial charge in [-0.05, 0) is 18.1 Å². The lowest BCUT2D eigenvalue weighted by Crippen LogP contribution is -1.89. The molecule has 2 heteroatoms. The fourth-order valence-corrected chi connectivity index (χ4v) is 1.38. The zero-order chi connectivity index (χ0) is 7.40. The summed E-state index contributed by atoms with van der Waals surface area (Å²) in [6.45, 7) is 0. The molecule has 1 rings (SSSR count). The molecule has 0 heterocycles. The molecule has 0 amide bonds. The second kappa shape index (κ2) is 3.91. The van der Waals surface area contributed by atoms with Crippen LogP contribution in [0.4, 0.5) is 4.39 Å². The highest BCUT2D eigenvalue weighted by Gasteiger charge is 1.96. The SMILES string of the molecule is Fc1ccccc1CCI. The number of benzene rings is 1. The van der Waals surface area contributed by atoms with Crippen LogP contribution in [0.5, 0.6) is 0 Å². The van der Waals surface area contributed by atoms with E-state index in [1.807, 2.05) is 12.1 Å². The molecule has 0 unspecified atom stereocenters. The molecule has 1 aromatic carbocycles. The van der Waals surface area contributed by atoms with Crippen LogP contribution in [-0.4, -0.2) is 4.43 Å². The molecule has 0 radical (unpaired) electrons. The summed E-state index contributed by atoms with van der Waals surface area (Å²) in [5, 5.41) is 0. The molecule has 0 aliphatic heterocycles. The molecule has 0 nitrogen and oxygen atoms in total. The summed E-state index contributed by atoms with van der Waals surface area (Å²) in [6, 6.07) is 6.91. The predicted octanol–water partition coefficient (Wildman–Crippen LogP) is 2.80. The predicted molar refractivity (Wildman–Crippen MR) is 49.0 cm³/mol. The fourth-order valence-electron chi connectivity index (χ4n) is 0.803. The summed E-state index contributed by atoms with van der Waals surface area (Å²) in [4.78, 5) is 0. The topological polar surface area (TPSA) is 0 Å². The van der Waals surface area contributed by atoms with E-state index >= 15 is 0 Å². The first-order valence-electron chi connectivity index (χ1n) is 3.14. The minimum atomic E-state index is -0.0841. The first-order chi connectivity index (χ1) is 4.84. The highest BCUT2D eigenvalue weighted by Crippen LogP contribution is 2.07. The van der Waals surface area contributed by atoms with Crippen molar-refractivity contribution in [2.75, 3.05) is 4.43 Å². The van der Waals surface area contributed by atoms with Gasteiger partial charge in [-0.25, -0.2) is 4.39 Å². The lowest BCUT2D eigenvalue weighted by Gasteiger charge is -1.97. The van der Waals surface area contributed by atoms with Gasteiger partial charge in [-0.3, -0.25) is 0 Å². The third-order valence-corrected chi connectivity index (χ3v) is 1.86. The van der Waals surface area contributed by atoms with Gasteiger partial charge in [-0.15, -0.1) is 0 Å². The molecule has 0 atom stereocenters. The molecule has 0 spiro atoms. The normalized spacial score (nSPS) is 9.80. The first-order valence-corrected chi connectivity index (χ1v) is 4.66. The van der Waals surface area contributed by atoms with Crippen molar-refractivity contribution in [1.82, 2.24) is 0 Å². The first kappa shape index (κ1) is 7.98. The smallest absolute Gasteiger partial charge is 0.126 e. The van der Waals surface area contributed by atoms with E-state index in [2.05, 4.69) is 22.6 Å². The van der Waals surface area contributed by atoms with Crippen LogP contribution in [0.15, 0.2) is 24.3 Å². The van der Waals surface area contributed by atoms with Gasteiger partial charge in [0.05, 0.1) is 0 Å². The molecule has 0 saturated heterocycles. The monoisotopic (exact) mass is 250 g/mol. The van der Waals surface area contributed by atoms with E-state index in [4.69, 9.17) is 0 Å². The van der Waals surface area contributed by atoms with Crippen molar-refractivity contribution in [3.63, 3.8) is 0 Å². The molecule has 54 valence electrons. The Kier molecular flexibility index (Phi) is 3.12. The standard InChI is InChI=1S/C8H8FI/c9-8-4-2-1-3-7(8)5-6-10/h1-4H,5-6H2. The van der Waals surface area contributed by atoms with Crippen molar-refractivity contribution in [3.8, 4) is 0 Å². The van der Waals surface area contributed by atoms with Crippen LogP contribution in [0.25, 0.3) is 0 Å². The maximum atomic E-state index is 12.8. The Labute approximate surface area is 73.6 Å². The van der Waals surface area contributed by atoms with E-state index in [1.54, 1.807) is 6.07 Å². The molecule has 0 bridgehead atoms. The highest BCUT2D eigenvalue weighted by atomic mass is 127. The lowest BCUT2D eigenvalue weighted by molar-refractivity contribution is 0.613. The molecule has 0 saturated carbocycles. The van der Waals surface area contributed by atoms with Crippen molar-refractivity contribution >= 4 is 22.6 Å². The van der Waals surface area contributed by atoms with E-state index in [0.717, 1.165) is 16.4 Å². The zero-order valence-corrected chi connectivity index (χ0v) is 7.64. The fraction of sp³-hybridized carbons (Fsp3) is 0.250. The van der Waals surface area contributed by atoms with E-state index in [9.17, 15) is 4.39 Å². The second-order valence-corrected chi connectivity index (χ2v) is 3.11. The minimum absolute atomic E-state index is 0.0841. The van der Waals surface area contributed by atoms with Crippen LogP contribution in [0.3, 0.4) is 0 Å².